The Bertz CT molecular complexity index is 379. The van der Waals surface area contributed by atoms with Crippen LogP contribution in [0.25, 0.3) is 0 Å². The molecule has 1 aliphatic rings. The van der Waals surface area contributed by atoms with Crippen LogP contribution in [0.2, 0.25) is 0 Å². The first-order valence-corrected chi connectivity index (χ1v) is 8.84. The van der Waals surface area contributed by atoms with E-state index in [-0.39, 0.29) is 29.9 Å². The maximum Gasteiger partial charge on any atom is 0.239 e. The molecule has 134 valence electrons. The van der Waals surface area contributed by atoms with Gasteiger partial charge < -0.3 is 21.1 Å². The van der Waals surface area contributed by atoms with Gasteiger partial charge in [0.1, 0.15) is 0 Å². The Morgan fingerprint density at radius 2 is 1.83 bits per heavy atom. The Morgan fingerprint density at radius 1 is 1.17 bits per heavy atom. The Labute approximate surface area is 139 Å². The van der Waals surface area contributed by atoms with Crippen molar-refractivity contribution < 1.29 is 14.3 Å². The molecule has 0 aromatic rings. The van der Waals surface area contributed by atoms with Crippen molar-refractivity contribution in [3.63, 3.8) is 0 Å². The van der Waals surface area contributed by atoms with Crippen molar-refractivity contribution in [1.29, 1.82) is 0 Å². The summed E-state index contributed by atoms with van der Waals surface area (Å²) in [6.45, 7) is 7.03. The molecule has 0 bridgehead atoms. The number of hydrogen-bond acceptors (Lipinski definition) is 4. The lowest BCUT2D eigenvalue weighted by molar-refractivity contribution is -0.128. The Kier molecular flexibility index (Phi) is 8.55. The molecule has 2 amide bonds. The minimum absolute atomic E-state index is 0.0386. The SMILES string of the molecule is CCCOC1(CNC(=O)CNC(=O)[C@@H](N)C(C)C)CCCCC1. The lowest BCUT2D eigenvalue weighted by Gasteiger charge is -2.37. The van der Waals surface area contributed by atoms with Gasteiger partial charge in [-0.3, -0.25) is 9.59 Å². The summed E-state index contributed by atoms with van der Waals surface area (Å²) in [7, 11) is 0. The molecule has 0 heterocycles. The van der Waals surface area contributed by atoms with Crippen LogP contribution < -0.4 is 16.4 Å². The minimum Gasteiger partial charge on any atom is -0.373 e. The summed E-state index contributed by atoms with van der Waals surface area (Å²) in [4.78, 5) is 23.7. The predicted molar refractivity (Wildman–Crippen MR) is 90.9 cm³/mol. The first-order chi connectivity index (χ1) is 10.9. The molecular weight excluding hydrogens is 294 g/mol. The maximum atomic E-state index is 12.0. The first kappa shape index (κ1) is 19.9. The molecular formula is C17H33N3O3. The molecule has 1 rings (SSSR count). The summed E-state index contributed by atoms with van der Waals surface area (Å²) in [6.07, 6.45) is 6.45. The molecule has 0 aromatic heterocycles. The Hall–Kier alpha value is -1.14. The van der Waals surface area contributed by atoms with Gasteiger partial charge in [0.15, 0.2) is 0 Å². The van der Waals surface area contributed by atoms with Crippen LogP contribution in [-0.4, -0.2) is 43.2 Å². The van der Waals surface area contributed by atoms with Crippen molar-refractivity contribution >= 4 is 11.8 Å². The van der Waals surface area contributed by atoms with Crippen LogP contribution in [0.15, 0.2) is 0 Å². The summed E-state index contributed by atoms with van der Waals surface area (Å²) >= 11 is 0. The average Bonchev–Trinajstić information content (AvgIpc) is 2.56. The molecule has 0 unspecified atom stereocenters. The van der Waals surface area contributed by atoms with Gasteiger partial charge in [0.05, 0.1) is 18.2 Å². The van der Waals surface area contributed by atoms with E-state index in [0.29, 0.717) is 6.54 Å². The fraction of sp³-hybridized carbons (Fsp3) is 0.882. The van der Waals surface area contributed by atoms with Gasteiger partial charge >= 0.3 is 0 Å². The van der Waals surface area contributed by atoms with Crippen molar-refractivity contribution in [2.24, 2.45) is 11.7 Å². The molecule has 1 saturated carbocycles. The summed E-state index contributed by atoms with van der Waals surface area (Å²) in [5.74, 6) is -0.435. The molecule has 6 heteroatoms. The zero-order valence-corrected chi connectivity index (χ0v) is 14.8. The van der Waals surface area contributed by atoms with Gasteiger partial charge in [-0.05, 0) is 25.2 Å². The molecule has 6 nitrogen and oxygen atoms in total. The van der Waals surface area contributed by atoms with E-state index in [0.717, 1.165) is 38.7 Å². The van der Waals surface area contributed by atoms with E-state index in [2.05, 4.69) is 17.6 Å². The second-order valence-electron chi connectivity index (χ2n) is 6.86. The molecule has 0 saturated heterocycles. The monoisotopic (exact) mass is 327 g/mol. The highest BCUT2D eigenvalue weighted by Gasteiger charge is 2.33. The molecule has 0 aliphatic heterocycles. The normalized spacial score (nSPS) is 18.5. The fourth-order valence-electron chi connectivity index (χ4n) is 2.80. The minimum atomic E-state index is -0.583. The second kappa shape index (κ2) is 9.88. The molecule has 1 fully saturated rings. The Balaban J connectivity index is 2.38. The van der Waals surface area contributed by atoms with Crippen molar-refractivity contribution in [3.05, 3.63) is 0 Å². The molecule has 1 atom stereocenters. The highest BCUT2D eigenvalue weighted by molar-refractivity contribution is 5.87. The summed E-state index contributed by atoms with van der Waals surface area (Å²) in [6, 6.07) is -0.583. The highest BCUT2D eigenvalue weighted by Crippen LogP contribution is 2.31. The molecule has 0 radical (unpaired) electrons. The highest BCUT2D eigenvalue weighted by atomic mass is 16.5. The van der Waals surface area contributed by atoms with E-state index in [1.807, 2.05) is 13.8 Å². The number of amides is 2. The maximum absolute atomic E-state index is 12.0. The number of carbonyl (C=O) groups excluding carboxylic acids is 2. The average molecular weight is 327 g/mol. The van der Waals surface area contributed by atoms with E-state index in [1.165, 1.54) is 6.42 Å². The number of hydrogen-bond donors (Lipinski definition) is 3. The van der Waals surface area contributed by atoms with Crippen molar-refractivity contribution in [2.45, 2.75) is 70.9 Å². The van der Waals surface area contributed by atoms with Crippen LogP contribution in [-0.2, 0) is 14.3 Å². The van der Waals surface area contributed by atoms with Gasteiger partial charge in [0.25, 0.3) is 0 Å². The van der Waals surface area contributed by atoms with Crippen LogP contribution in [0, 0.1) is 5.92 Å². The molecule has 0 spiro atoms. The van der Waals surface area contributed by atoms with E-state index >= 15 is 0 Å². The smallest absolute Gasteiger partial charge is 0.239 e. The molecule has 4 N–H and O–H groups in total. The quantitative estimate of drug-likeness (QED) is 0.595. The molecule has 23 heavy (non-hydrogen) atoms. The van der Waals surface area contributed by atoms with Gasteiger partial charge in [0, 0.05) is 13.2 Å². The van der Waals surface area contributed by atoms with Crippen molar-refractivity contribution in [2.75, 3.05) is 19.7 Å². The number of ether oxygens (including phenoxy) is 1. The first-order valence-electron chi connectivity index (χ1n) is 8.84. The predicted octanol–water partition coefficient (Wildman–Crippen LogP) is 1.33. The van der Waals surface area contributed by atoms with Gasteiger partial charge in [0.2, 0.25) is 11.8 Å². The summed E-state index contributed by atoms with van der Waals surface area (Å²) < 4.78 is 6.04. The fourth-order valence-corrected chi connectivity index (χ4v) is 2.80. The Morgan fingerprint density at radius 3 is 2.39 bits per heavy atom. The van der Waals surface area contributed by atoms with Gasteiger partial charge in [-0.2, -0.15) is 0 Å². The number of nitrogens with one attached hydrogen (secondary N) is 2. The number of nitrogens with two attached hydrogens (primary N) is 1. The van der Waals surface area contributed by atoms with E-state index in [9.17, 15) is 9.59 Å². The van der Waals surface area contributed by atoms with E-state index in [1.54, 1.807) is 0 Å². The van der Waals surface area contributed by atoms with Crippen LogP contribution in [0.3, 0.4) is 0 Å². The zero-order valence-electron chi connectivity index (χ0n) is 14.8. The van der Waals surface area contributed by atoms with E-state index < -0.39 is 6.04 Å². The van der Waals surface area contributed by atoms with Gasteiger partial charge in [-0.1, -0.05) is 40.0 Å². The van der Waals surface area contributed by atoms with Crippen molar-refractivity contribution in [1.82, 2.24) is 10.6 Å². The lowest BCUT2D eigenvalue weighted by atomic mass is 9.84. The molecule has 1 aliphatic carbocycles. The van der Waals surface area contributed by atoms with Crippen LogP contribution in [0.1, 0.15) is 59.3 Å². The van der Waals surface area contributed by atoms with Crippen LogP contribution >= 0.6 is 0 Å². The summed E-state index contributed by atoms with van der Waals surface area (Å²) in [5.41, 5.74) is 5.52. The standard InChI is InChI=1S/C17H33N3O3/c1-4-10-23-17(8-6-5-7-9-17)12-20-14(21)11-19-16(22)15(18)13(2)3/h13,15H,4-12,18H2,1-3H3,(H,19,22)(H,20,21)/t15-/m0/s1. The van der Waals surface area contributed by atoms with E-state index in [4.69, 9.17) is 10.5 Å². The molecule has 0 aromatic carbocycles. The van der Waals surface area contributed by atoms with Crippen molar-refractivity contribution in [3.8, 4) is 0 Å². The third kappa shape index (κ3) is 6.87. The summed E-state index contributed by atoms with van der Waals surface area (Å²) in [5, 5.41) is 5.50. The topological polar surface area (TPSA) is 93.5 Å². The number of carbonyl (C=O) groups is 2. The lowest BCUT2D eigenvalue weighted by Crippen LogP contribution is -2.50. The zero-order chi connectivity index (χ0) is 17.3. The number of rotatable bonds is 9. The van der Waals surface area contributed by atoms with Gasteiger partial charge in [-0.25, -0.2) is 0 Å². The van der Waals surface area contributed by atoms with Crippen LogP contribution in [0.4, 0.5) is 0 Å². The third-order valence-corrected chi connectivity index (χ3v) is 4.43. The largest absolute Gasteiger partial charge is 0.373 e. The third-order valence-electron chi connectivity index (χ3n) is 4.43. The van der Waals surface area contributed by atoms with Gasteiger partial charge in [-0.15, -0.1) is 0 Å². The van der Waals surface area contributed by atoms with Crippen LogP contribution in [0.5, 0.6) is 0 Å². The second-order valence-corrected chi connectivity index (χ2v) is 6.86.